The number of carbonyl (C=O) groups excluding carboxylic acids is 1. The van der Waals surface area contributed by atoms with Crippen molar-refractivity contribution in [2.24, 2.45) is 7.05 Å². The Kier molecular flexibility index (Phi) is 6.53. The van der Waals surface area contributed by atoms with Crippen LogP contribution in [0.15, 0.2) is 65.5 Å². The molecule has 1 heterocycles. The minimum atomic E-state index is -0.638. The van der Waals surface area contributed by atoms with E-state index in [1.807, 2.05) is 24.3 Å². The lowest BCUT2D eigenvalue weighted by Crippen LogP contribution is -2.34. The Morgan fingerprint density at radius 3 is 2.50 bits per heavy atom. The molecule has 0 saturated heterocycles. The maximum absolute atomic E-state index is 13.1. The molecular weight excluding hydrogens is 452 g/mol. The van der Waals surface area contributed by atoms with Gasteiger partial charge >= 0.3 is 6.09 Å². The number of amides is 1. The van der Waals surface area contributed by atoms with E-state index in [4.69, 9.17) is 21.1 Å². The SMILES string of the molecule is Cn1c(CNC(=O)OC(C)(C)C)c(OCc2cccc3ccccc23)c2cc(Cl)ccc2c1=O. The zero-order valence-corrected chi connectivity index (χ0v) is 20.4. The van der Waals surface area contributed by atoms with Gasteiger partial charge in [-0.2, -0.15) is 0 Å². The number of nitrogens with zero attached hydrogens (tertiary/aromatic N) is 1. The second-order valence-electron chi connectivity index (χ2n) is 9.11. The number of aromatic nitrogens is 1. The highest BCUT2D eigenvalue weighted by Gasteiger charge is 2.20. The highest BCUT2D eigenvalue weighted by molar-refractivity contribution is 6.31. The van der Waals surface area contributed by atoms with Gasteiger partial charge in [0.15, 0.2) is 0 Å². The van der Waals surface area contributed by atoms with Gasteiger partial charge in [-0.15, -0.1) is 0 Å². The van der Waals surface area contributed by atoms with Crippen LogP contribution in [0.1, 0.15) is 32.0 Å². The van der Waals surface area contributed by atoms with Crippen LogP contribution in [0.3, 0.4) is 0 Å². The molecule has 1 amide bonds. The molecule has 1 aromatic heterocycles. The standard InChI is InChI=1S/C27H27ClN2O4/c1-27(2,3)34-26(32)29-15-23-24(22-14-19(28)12-13-21(22)25(31)30(23)4)33-16-18-10-7-9-17-8-5-6-11-20(17)18/h5-14H,15-16H2,1-4H3,(H,29,32). The molecule has 0 radical (unpaired) electrons. The molecule has 4 rings (SSSR count). The van der Waals surface area contributed by atoms with Gasteiger partial charge in [-0.3, -0.25) is 4.79 Å². The van der Waals surface area contributed by atoms with Crippen molar-refractivity contribution in [2.45, 2.75) is 39.5 Å². The molecule has 0 spiro atoms. The Labute approximate surface area is 203 Å². The first-order valence-electron chi connectivity index (χ1n) is 11.0. The maximum atomic E-state index is 13.1. The first kappa shape index (κ1) is 23.6. The van der Waals surface area contributed by atoms with Gasteiger partial charge in [-0.25, -0.2) is 4.79 Å². The molecule has 34 heavy (non-hydrogen) atoms. The molecular formula is C27H27ClN2O4. The molecule has 7 heteroatoms. The fourth-order valence-corrected chi connectivity index (χ4v) is 4.07. The first-order chi connectivity index (χ1) is 16.1. The molecule has 0 bridgehead atoms. The minimum absolute atomic E-state index is 0.0496. The van der Waals surface area contributed by atoms with Crippen molar-refractivity contribution in [2.75, 3.05) is 0 Å². The summed E-state index contributed by atoms with van der Waals surface area (Å²) in [4.78, 5) is 25.4. The van der Waals surface area contributed by atoms with E-state index in [0.29, 0.717) is 27.2 Å². The average molecular weight is 479 g/mol. The van der Waals surface area contributed by atoms with Crippen LogP contribution < -0.4 is 15.6 Å². The number of fused-ring (bicyclic) bond motifs is 2. The molecule has 0 aliphatic rings. The van der Waals surface area contributed by atoms with E-state index in [0.717, 1.165) is 16.3 Å². The van der Waals surface area contributed by atoms with E-state index >= 15 is 0 Å². The van der Waals surface area contributed by atoms with E-state index in [1.165, 1.54) is 4.57 Å². The third-order valence-electron chi connectivity index (χ3n) is 5.48. The van der Waals surface area contributed by atoms with E-state index in [9.17, 15) is 9.59 Å². The smallest absolute Gasteiger partial charge is 0.407 e. The number of hydrogen-bond acceptors (Lipinski definition) is 4. The summed E-state index contributed by atoms with van der Waals surface area (Å²) in [5, 5.41) is 6.51. The Hall–Kier alpha value is -3.51. The predicted molar refractivity (Wildman–Crippen MR) is 136 cm³/mol. The molecule has 0 atom stereocenters. The van der Waals surface area contributed by atoms with E-state index < -0.39 is 11.7 Å². The highest BCUT2D eigenvalue weighted by Crippen LogP contribution is 2.31. The van der Waals surface area contributed by atoms with E-state index in [2.05, 4.69) is 23.5 Å². The van der Waals surface area contributed by atoms with E-state index in [-0.39, 0.29) is 18.7 Å². The van der Waals surface area contributed by atoms with E-state index in [1.54, 1.807) is 46.0 Å². The van der Waals surface area contributed by atoms with Crippen LogP contribution in [0.4, 0.5) is 4.79 Å². The summed E-state index contributed by atoms with van der Waals surface area (Å²) in [5.41, 5.74) is 0.685. The molecule has 0 aliphatic carbocycles. The number of alkyl carbamates (subject to hydrolysis) is 1. The van der Waals surface area contributed by atoms with Gasteiger partial charge in [-0.1, -0.05) is 54.1 Å². The van der Waals surface area contributed by atoms with Crippen molar-refractivity contribution in [3.63, 3.8) is 0 Å². The lowest BCUT2D eigenvalue weighted by Gasteiger charge is -2.21. The zero-order valence-electron chi connectivity index (χ0n) is 19.6. The van der Waals surface area contributed by atoms with Gasteiger partial charge in [0.1, 0.15) is 18.0 Å². The number of halogens is 1. The fraction of sp³-hybridized carbons (Fsp3) is 0.259. The third-order valence-corrected chi connectivity index (χ3v) is 5.71. The van der Waals surface area contributed by atoms with Gasteiger partial charge < -0.3 is 19.4 Å². The summed E-state index contributed by atoms with van der Waals surface area (Å²) in [6, 6.07) is 19.2. The number of carbonyl (C=O) groups is 1. The van der Waals surface area contributed by atoms with Gasteiger partial charge in [0.25, 0.3) is 5.56 Å². The monoisotopic (exact) mass is 478 g/mol. The molecule has 1 N–H and O–H groups in total. The van der Waals surface area contributed by atoms with Crippen molar-refractivity contribution in [1.29, 1.82) is 0 Å². The average Bonchev–Trinajstić information content (AvgIpc) is 2.78. The topological polar surface area (TPSA) is 69.6 Å². The summed E-state index contributed by atoms with van der Waals surface area (Å²) in [5.74, 6) is 0.489. The van der Waals surface area contributed by atoms with Gasteiger partial charge in [0.2, 0.25) is 0 Å². The summed E-state index contributed by atoms with van der Waals surface area (Å²) >= 11 is 6.28. The van der Waals surface area contributed by atoms with Crippen molar-refractivity contribution in [1.82, 2.24) is 9.88 Å². The molecule has 176 valence electrons. The first-order valence-corrected chi connectivity index (χ1v) is 11.4. The predicted octanol–water partition coefficient (Wildman–Crippen LogP) is 5.95. The quantitative estimate of drug-likeness (QED) is 0.385. The number of nitrogens with one attached hydrogen (secondary N) is 1. The summed E-state index contributed by atoms with van der Waals surface area (Å²) in [7, 11) is 1.66. The van der Waals surface area contributed by atoms with Crippen molar-refractivity contribution in [3.05, 3.63) is 87.3 Å². The zero-order chi connectivity index (χ0) is 24.5. The Balaban J connectivity index is 1.75. The number of benzene rings is 3. The van der Waals surface area contributed by atoms with Crippen LogP contribution in [-0.2, 0) is 24.9 Å². The third kappa shape index (κ3) is 5.02. The Bertz CT molecular complexity index is 1430. The Morgan fingerprint density at radius 2 is 1.74 bits per heavy atom. The molecule has 0 saturated carbocycles. The van der Waals surface area contributed by atoms with Crippen molar-refractivity contribution < 1.29 is 14.3 Å². The number of ether oxygens (including phenoxy) is 2. The van der Waals surface area contributed by atoms with Crippen LogP contribution in [0, 0.1) is 0 Å². The summed E-state index contributed by atoms with van der Waals surface area (Å²) in [6.07, 6.45) is -0.578. The van der Waals surface area contributed by atoms with Crippen LogP contribution >= 0.6 is 11.6 Å². The molecule has 3 aromatic carbocycles. The number of hydrogen-bond donors (Lipinski definition) is 1. The van der Waals surface area contributed by atoms with Crippen LogP contribution in [0.5, 0.6) is 5.75 Å². The maximum Gasteiger partial charge on any atom is 0.407 e. The van der Waals surface area contributed by atoms with Crippen molar-refractivity contribution in [3.8, 4) is 5.75 Å². The molecule has 0 fully saturated rings. The van der Waals surface area contributed by atoms with Gasteiger partial charge in [0.05, 0.1) is 17.6 Å². The lowest BCUT2D eigenvalue weighted by molar-refractivity contribution is 0.0522. The van der Waals surface area contributed by atoms with Crippen LogP contribution in [0.2, 0.25) is 5.02 Å². The van der Waals surface area contributed by atoms with Crippen molar-refractivity contribution >= 4 is 39.2 Å². The summed E-state index contributed by atoms with van der Waals surface area (Å²) in [6.45, 7) is 5.70. The van der Waals surface area contributed by atoms with Gasteiger partial charge in [-0.05, 0) is 55.3 Å². The van der Waals surface area contributed by atoms with Gasteiger partial charge in [0, 0.05) is 17.5 Å². The normalized spacial score (nSPS) is 11.6. The lowest BCUT2D eigenvalue weighted by atomic mass is 10.1. The second kappa shape index (κ2) is 9.39. The summed E-state index contributed by atoms with van der Waals surface area (Å²) < 4.78 is 13.2. The molecule has 4 aromatic rings. The molecule has 0 unspecified atom stereocenters. The highest BCUT2D eigenvalue weighted by atomic mass is 35.5. The largest absolute Gasteiger partial charge is 0.486 e. The molecule has 0 aliphatic heterocycles. The fourth-order valence-electron chi connectivity index (χ4n) is 3.90. The second-order valence-corrected chi connectivity index (χ2v) is 9.55. The van der Waals surface area contributed by atoms with Crippen LogP contribution in [-0.4, -0.2) is 16.3 Å². The number of rotatable bonds is 5. The molecule has 6 nitrogen and oxygen atoms in total. The number of pyridine rings is 1. The Morgan fingerprint density at radius 1 is 1.00 bits per heavy atom. The minimum Gasteiger partial charge on any atom is -0.486 e. The van der Waals surface area contributed by atoms with Crippen LogP contribution in [0.25, 0.3) is 21.5 Å².